The van der Waals surface area contributed by atoms with E-state index in [9.17, 15) is 0 Å². The molecule has 10 aromatic carbocycles. The van der Waals surface area contributed by atoms with Crippen LogP contribution in [0.1, 0.15) is 55.4 Å². The lowest BCUT2D eigenvalue weighted by molar-refractivity contribution is -0.906. The number of quaternary nitrogens is 4. The van der Waals surface area contributed by atoms with Gasteiger partial charge in [-0.1, -0.05) is 97.1 Å². The van der Waals surface area contributed by atoms with E-state index in [0.29, 0.717) is 26.4 Å². The zero-order valence-corrected chi connectivity index (χ0v) is 63.1. The minimum atomic E-state index is 0.539. The van der Waals surface area contributed by atoms with Crippen LogP contribution < -0.4 is 18.9 Å². The number of fused-ring (bicyclic) bond motifs is 24. The van der Waals surface area contributed by atoms with Crippen molar-refractivity contribution in [3.05, 3.63) is 194 Å². The molecule has 0 aliphatic carbocycles. The maximum atomic E-state index is 7.04. The maximum Gasteiger partial charge on any atom is 0.137 e. The molecule has 0 fully saturated rings. The first-order valence-corrected chi connectivity index (χ1v) is 38.2. The molecule has 0 spiro atoms. The lowest BCUT2D eigenvalue weighted by Gasteiger charge is -2.32. The summed E-state index contributed by atoms with van der Waals surface area (Å²) < 4.78 is 31.8. The molecule has 8 bridgehead atoms. The third-order valence-corrected chi connectivity index (χ3v) is 24.3. The molecular formula is C92H102N8O4+4. The standard InChI is InChI=1S/C92H102N8O4/c1-13-97(9,14-2)37-41-101-71-45-69(46-72(57-71)102-42-38-98(10,15-3)16-4)87-89-79-53-65-33-25-21-29-61(65)49-75(79)83(93-89)59-85-77-51-63-31-23-27-35-67(63)55-81(77)91(95-85)88(70-47-73(103-43-39-99(11,17-5)18-6)58-74(48-70)104-44-40-100(12,19-7)20-8)92-82-56-68-36-28-24-32-64(68)52-78(82)86(96-92)60-84-76-50-62-30-22-26-34-66(62)54-80(76)90(87)94-84/h21-36,45-60,93,96H,13-20,37-44H2,1-12H3/q+4. The zero-order chi connectivity index (χ0) is 72.1. The number of nitrogens with one attached hydrogen (secondary N) is 2. The van der Waals surface area contributed by atoms with Crippen LogP contribution in [-0.2, 0) is 0 Å². The highest BCUT2D eigenvalue weighted by molar-refractivity contribution is 6.21. The van der Waals surface area contributed by atoms with Gasteiger partial charge in [-0.25, -0.2) is 9.97 Å². The van der Waals surface area contributed by atoms with Crippen LogP contribution in [0.4, 0.5) is 0 Å². The number of H-pyrrole nitrogens is 2. The predicted octanol–water partition coefficient (Wildman–Crippen LogP) is 20.7. The van der Waals surface area contributed by atoms with E-state index in [4.69, 9.17) is 28.9 Å². The van der Waals surface area contributed by atoms with Gasteiger partial charge in [0.15, 0.2) is 0 Å². The van der Waals surface area contributed by atoms with E-state index in [1.807, 2.05) is 0 Å². The number of aromatic amines is 2. The number of benzene rings is 10. The predicted molar refractivity (Wildman–Crippen MR) is 436 cm³/mol. The summed E-state index contributed by atoms with van der Waals surface area (Å²) in [5.41, 5.74) is 14.9. The van der Waals surface area contributed by atoms with Crippen molar-refractivity contribution in [2.45, 2.75) is 55.4 Å². The van der Waals surface area contributed by atoms with Gasteiger partial charge in [0.25, 0.3) is 0 Å². The Bertz CT molecular complexity index is 5190. The monoisotopic (exact) mass is 1380 g/mol. The molecule has 0 unspecified atom stereocenters. The van der Waals surface area contributed by atoms with Crippen LogP contribution in [0.3, 0.4) is 0 Å². The lowest BCUT2D eigenvalue weighted by Crippen LogP contribution is -2.46. The molecule has 104 heavy (non-hydrogen) atoms. The molecule has 2 aliphatic heterocycles. The van der Waals surface area contributed by atoms with Gasteiger partial charge in [0, 0.05) is 78.1 Å². The Morgan fingerprint density at radius 1 is 0.288 bits per heavy atom. The molecular weight excluding hydrogens is 1280 g/mol. The molecule has 2 aliphatic rings. The first-order chi connectivity index (χ1) is 50.5. The first-order valence-electron chi connectivity index (χ1n) is 38.2. The van der Waals surface area contributed by atoms with E-state index in [1.54, 1.807) is 0 Å². The Kier molecular flexibility index (Phi) is 19.1. The van der Waals surface area contributed by atoms with Gasteiger partial charge >= 0.3 is 0 Å². The van der Waals surface area contributed by atoms with E-state index in [1.165, 1.54) is 0 Å². The normalized spacial score (nSPS) is 12.7. The second kappa shape index (κ2) is 28.5. The molecule has 0 radical (unpaired) electrons. The van der Waals surface area contributed by atoms with Crippen molar-refractivity contribution in [1.82, 2.24) is 19.9 Å². The van der Waals surface area contributed by atoms with Crippen LogP contribution in [-0.4, -0.2) is 171 Å². The van der Waals surface area contributed by atoms with Crippen LogP contribution in [0.25, 0.3) is 154 Å². The number of hydrogen-bond acceptors (Lipinski definition) is 6. The second-order valence-corrected chi connectivity index (χ2v) is 30.2. The van der Waals surface area contributed by atoms with Crippen LogP contribution >= 0.6 is 0 Å². The molecule has 0 saturated carbocycles. The van der Waals surface area contributed by atoms with Gasteiger partial charge in [-0.15, -0.1) is 0 Å². The number of nitrogens with zero attached hydrogens (tertiary/aromatic N) is 6. The second-order valence-electron chi connectivity index (χ2n) is 30.2. The summed E-state index contributed by atoms with van der Waals surface area (Å²) in [4.78, 5) is 20.7. The summed E-state index contributed by atoms with van der Waals surface area (Å²) in [7, 11) is 9.27. The Morgan fingerprint density at radius 2 is 0.538 bits per heavy atom. The van der Waals surface area contributed by atoms with E-state index < -0.39 is 0 Å². The SMILES string of the molecule is CC[N+](C)(CC)CCOc1cc(OCC[N+](C)(CC)CC)cc(-c2c3nc(cc4[nH]c(c(-c5cc(OCC[N+](C)(CC)CC)cc(OCC[N+](C)(CC)CC)c5)c5nc(cc6[nH]c2c2cc7ccccc7cc62)-c2cc6ccccc6cc2-5)c2cc5ccccc5cc42)-c2cc4ccccc4cc2-3)c1. The van der Waals surface area contributed by atoms with Crippen molar-refractivity contribution in [2.75, 3.05) is 133 Å². The fraction of sp³-hybridized carbons (Fsp3) is 0.304. The molecule has 12 heteroatoms. The van der Waals surface area contributed by atoms with Gasteiger partial charge in [0.2, 0.25) is 0 Å². The van der Waals surface area contributed by atoms with E-state index in [-0.39, 0.29) is 0 Å². The number of ether oxygens (including phenoxy) is 4. The van der Waals surface area contributed by atoms with Crippen molar-refractivity contribution >= 4 is 86.7 Å². The van der Waals surface area contributed by atoms with Crippen LogP contribution in [0.15, 0.2) is 194 Å². The molecule has 15 rings (SSSR count). The highest BCUT2D eigenvalue weighted by Gasteiger charge is 2.30. The highest BCUT2D eigenvalue weighted by Crippen LogP contribution is 2.51. The molecule has 3 aromatic heterocycles. The van der Waals surface area contributed by atoms with Gasteiger partial charge in [-0.05, 0) is 195 Å². The maximum absolute atomic E-state index is 7.04. The third kappa shape index (κ3) is 13.4. The van der Waals surface area contributed by atoms with Crippen molar-refractivity contribution in [3.8, 4) is 90.3 Å². The fourth-order valence-corrected chi connectivity index (χ4v) is 15.4. The summed E-state index contributed by atoms with van der Waals surface area (Å²) >= 11 is 0. The van der Waals surface area contributed by atoms with E-state index in [2.05, 4.69) is 288 Å². The third-order valence-electron chi connectivity index (χ3n) is 24.3. The molecule has 2 N–H and O–H groups in total. The van der Waals surface area contributed by atoms with Crippen LogP contribution in [0, 0.1) is 0 Å². The van der Waals surface area contributed by atoms with Gasteiger partial charge in [-0.3, -0.25) is 0 Å². The molecule has 530 valence electrons. The average molecular weight is 1380 g/mol. The number of aromatic nitrogens is 4. The zero-order valence-electron chi connectivity index (χ0n) is 63.1. The van der Waals surface area contributed by atoms with Gasteiger partial charge < -0.3 is 46.8 Å². The molecule has 5 heterocycles. The van der Waals surface area contributed by atoms with Crippen molar-refractivity contribution < 1.29 is 36.9 Å². The highest BCUT2D eigenvalue weighted by atomic mass is 16.5. The Morgan fingerprint density at radius 3 is 0.808 bits per heavy atom. The summed E-state index contributed by atoms with van der Waals surface area (Å²) in [6, 6.07) is 71.5. The summed E-state index contributed by atoms with van der Waals surface area (Å²) in [5, 5.41) is 13.3. The molecule has 0 atom stereocenters. The summed E-state index contributed by atoms with van der Waals surface area (Å²) in [6.07, 6.45) is 0. The topological polar surface area (TPSA) is 94.3 Å². The minimum Gasteiger partial charge on any atom is -0.488 e. The first kappa shape index (κ1) is 69.6. The van der Waals surface area contributed by atoms with Gasteiger partial charge in [0.1, 0.15) is 75.6 Å². The fourth-order valence-electron chi connectivity index (χ4n) is 15.4. The largest absolute Gasteiger partial charge is 0.488 e. The molecule has 13 aromatic rings. The lowest BCUT2D eigenvalue weighted by atomic mass is 9.93. The van der Waals surface area contributed by atoms with Gasteiger partial charge in [-0.2, -0.15) is 0 Å². The Balaban J connectivity index is 1.11. The van der Waals surface area contributed by atoms with E-state index >= 15 is 0 Å². The molecule has 0 amide bonds. The van der Waals surface area contributed by atoms with Crippen molar-refractivity contribution in [1.29, 1.82) is 0 Å². The van der Waals surface area contributed by atoms with Crippen molar-refractivity contribution in [2.24, 2.45) is 0 Å². The van der Waals surface area contributed by atoms with Gasteiger partial charge in [0.05, 0.1) is 114 Å². The smallest absolute Gasteiger partial charge is 0.137 e. The summed E-state index contributed by atoms with van der Waals surface area (Å²) in [5.74, 6) is 2.99. The van der Waals surface area contributed by atoms with Crippen molar-refractivity contribution in [3.63, 3.8) is 0 Å². The number of rotatable bonds is 26. The summed E-state index contributed by atoms with van der Waals surface area (Å²) in [6.45, 7) is 31.8. The van der Waals surface area contributed by atoms with Crippen LogP contribution in [0.5, 0.6) is 23.0 Å². The number of likely N-dealkylation sites (N-methyl/N-ethyl adjacent to an activating group) is 4. The minimum absolute atomic E-state index is 0.539. The Hall–Kier alpha value is -10.1. The molecule has 12 nitrogen and oxygen atoms in total. The van der Waals surface area contributed by atoms with Crippen LogP contribution in [0.2, 0.25) is 0 Å². The Labute approximate surface area is 613 Å². The quantitative estimate of drug-likeness (QED) is 0.0525. The molecule has 0 saturated heterocycles. The average Bonchev–Trinajstić information content (AvgIpc) is 1.57. The van der Waals surface area contributed by atoms with E-state index in [0.717, 1.165) is 273 Å². The number of hydrogen-bond donors (Lipinski definition) is 2.